The molecular formula is C38H39FN6O4. The molecule has 3 heterocycles. The lowest BCUT2D eigenvalue weighted by Gasteiger charge is -2.22. The van der Waals surface area contributed by atoms with Gasteiger partial charge in [-0.1, -0.05) is 17.7 Å². The number of nitrogens with one attached hydrogen (secondary N) is 2. The summed E-state index contributed by atoms with van der Waals surface area (Å²) in [5.74, 6) is -0.912. The van der Waals surface area contributed by atoms with Gasteiger partial charge in [0, 0.05) is 24.8 Å². The van der Waals surface area contributed by atoms with Crippen molar-refractivity contribution < 1.29 is 24.2 Å². The summed E-state index contributed by atoms with van der Waals surface area (Å²) in [5, 5.41) is 25.1. The minimum atomic E-state index is -0.974. The monoisotopic (exact) mass is 662 g/mol. The van der Waals surface area contributed by atoms with Crippen molar-refractivity contribution >= 4 is 40.5 Å². The highest BCUT2D eigenvalue weighted by Gasteiger charge is 2.25. The zero-order chi connectivity index (χ0) is 35.1. The molecule has 252 valence electrons. The minimum absolute atomic E-state index is 0.235. The van der Waals surface area contributed by atoms with Crippen LogP contribution in [-0.4, -0.2) is 50.2 Å². The van der Waals surface area contributed by atoms with E-state index < -0.39 is 17.8 Å². The van der Waals surface area contributed by atoms with Gasteiger partial charge < -0.3 is 25.7 Å². The molecule has 1 saturated carbocycles. The zero-order valence-electron chi connectivity index (χ0n) is 27.9. The van der Waals surface area contributed by atoms with E-state index in [0.717, 1.165) is 60.3 Å². The van der Waals surface area contributed by atoms with Gasteiger partial charge in [-0.15, -0.1) is 0 Å². The molecule has 0 spiro atoms. The zero-order valence-corrected chi connectivity index (χ0v) is 27.9. The van der Waals surface area contributed by atoms with E-state index in [1.54, 1.807) is 54.9 Å². The van der Waals surface area contributed by atoms with Gasteiger partial charge in [-0.25, -0.2) is 19.0 Å². The lowest BCUT2D eigenvalue weighted by atomic mass is 10.0. The quantitative estimate of drug-likeness (QED) is 0.109. The van der Waals surface area contributed by atoms with E-state index in [1.165, 1.54) is 6.20 Å². The van der Waals surface area contributed by atoms with E-state index in [9.17, 15) is 24.2 Å². The van der Waals surface area contributed by atoms with Gasteiger partial charge >= 0.3 is 11.9 Å². The number of hydrogen-bond donors (Lipinski definition) is 4. The summed E-state index contributed by atoms with van der Waals surface area (Å²) in [5.41, 5.74) is 6.87. The van der Waals surface area contributed by atoms with Crippen LogP contribution in [0.1, 0.15) is 70.0 Å². The minimum Gasteiger partial charge on any atom is -0.478 e. The van der Waals surface area contributed by atoms with Gasteiger partial charge in [0.15, 0.2) is 5.82 Å². The highest BCUT2D eigenvalue weighted by molar-refractivity contribution is 5.96. The summed E-state index contributed by atoms with van der Waals surface area (Å²) in [4.78, 5) is 37.7. The molecule has 0 atom stereocenters. The summed E-state index contributed by atoms with van der Waals surface area (Å²) in [6.45, 7) is 9.89. The van der Waals surface area contributed by atoms with Gasteiger partial charge in [0.2, 0.25) is 0 Å². The van der Waals surface area contributed by atoms with E-state index in [2.05, 4.69) is 44.3 Å². The first-order valence-corrected chi connectivity index (χ1v) is 16.1. The largest absolute Gasteiger partial charge is 0.478 e. The Morgan fingerprint density at radius 2 is 1.47 bits per heavy atom. The fourth-order valence-corrected chi connectivity index (χ4v) is 5.47. The molecule has 3 aromatic heterocycles. The molecule has 4 N–H and O–H groups in total. The number of hydrogen-bond acceptors (Lipinski definition) is 8. The molecule has 6 rings (SSSR count). The number of pyridine rings is 3. The molecule has 1 aliphatic rings. The van der Waals surface area contributed by atoms with Crippen LogP contribution < -0.4 is 15.5 Å². The molecule has 5 aromatic rings. The molecule has 0 saturated heterocycles. The Kier molecular flexibility index (Phi) is 10.8. The van der Waals surface area contributed by atoms with Gasteiger partial charge in [-0.3, -0.25) is 9.97 Å². The number of rotatable bonds is 11. The Balaban J connectivity index is 0.000000193. The fraction of sp³-hybridized carbons (Fsp3) is 0.237. The Hall–Kier alpha value is -5.84. The van der Waals surface area contributed by atoms with Crippen LogP contribution in [0.4, 0.5) is 33.0 Å². The topological polar surface area (TPSA) is 141 Å². The van der Waals surface area contributed by atoms with Crippen LogP contribution in [0.2, 0.25) is 0 Å². The van der Waals surface area contributed by atoms with Crippen LogP contribution in [0, 0.1) is 19.7 Å². The maximum absolute atomic E-state index is 13.8. The average molecular weight is 663 g/mol. The Labute approximate surface area is 284 Å². The van der Waals surface area contributed by atoms with Crippen LogP contribution >= 0.6 is 0 Å². The number of halogens is 1. The third-order valence-corrected chi connectivity index (χ3v) is 8.21. The maximum Gasteiger partial charge on any atom is 0.337 e. The predicted octanol–water partition coefficient (Wildman–Crippen LogP) is 8.59. The van der Waals surface area contributed by atoms with Gasteiger partial charge in [0.25, 0.3) is 0 Å². The molecule has 0 unspecified atom stereocenters. The summed E-state index contributed by atoms with van der Waals surface area (Å²) >= 11 is 0. The van der Waals surface area contributed by atoms with Crippen LogP contribution in [0.5, 0.6) is 0 Å². The van der Waals surface area contributed by atoms with E-state index in [4.69, 9.17) is 0 Å². The van der Waals surface area contributed by atoms with E-state index in [-0.39, 0.29) is 11.1 Å². The van der Waals surface area contributed by atoms with Gasteiger partial charge in [-0.05, 0) is 106 Å². The molecule has 11 heteroatoms. The average Bonchev–Trinajstić information content (AvgIpc) is 3.94. The normalized spacial score (nSPS) is 12.0. The number of carboxylic acids is 2. The molecular weight excluding hydrogens is 623 g/mol. The van der Waals surface area contributed by atoms with Gasteiger partial charge in [0.05, 0.1) is 58.2 Å². The van der Waals surface area contributed by atoms with Crippen LogP contribution in [0.3, 0.4) is 0 Å². The lowest BCUT2D eigenvalue weighted by Crippen LogP contribution is -2.23. The third-order valence-electron chi connectivity index (χ3n) is 8.21. The van der Waals surface area contributed by atoms with E-state index in [1.807, 2.05) is 32.0 Å². The number of benzene rings is 2. The van der Waals surface area contributed by atoms with E-state index >= 15 is 0 Å². The Bertz CT molecular complexity index is 1960. The summed E-state index contributed by atoms with van der Waals surface area (Å²) in [6, 6.07) is 17.8. The molecule has 0 bridgehead atoms. The SMILES string of the molecule is CCN(CC)c1ncc(Nc2ccc(C)cc2C(=O)O)cc1C.O=C(O)c1cc(C2CC2)ccc1Nc1ccc(-c2ccncc2F)nc1. The fourth-order valence-electron chi connectivity index (χ4n) is 5.47. The lowest BCUT2D eigenvalue weighted by molar-refractivity contribution is 0.0687. The van der Waals surface area contributed by atoms with Crippen LogP contribution in [0.15, 0.2) is 85.5 Å². The van der Waals surface area contributed by atoms with Gasteiger partial charge in [-0.2, -0.15) is 0 Å². The number of carbonyl (C=O) groups is 2. The Morgan fingerprint density at radius 3 is 2.06 bits per heavy atom. The molecule has 10 nitrogen and oxygen atoms in total. The second-order valence-electron chi connectivity index (χ2n) is 11.8. The number of aryl methyl sites for hydroxylation is 2. The van der Waals surface area contributed by atoms with Crippen LogP contribution in [0.25, 0.3) is 11.3 Å². The highest BCUT2D eigenvalue weighted by Crippen LogP contribution is 2.41. The molecule has 1 fully saturated rings. The first-order chi connectivity index (χ1) is 23.6. The Morgan fingerprint density at radius 1 is 0.816 bits per heavy atom. The molecule has 2 aromatic carbocycles. The maximum atomic E-state index is 13.8. The van der Waals surface area contributed by atoms with E-state index in [0.29, 0.717) is 34.2 Å². The van der Waals surface area contributed by atoms with Gasteiger partial charge in [0.1, 0.15) is 5.82 Å². The molecule has 1 aliphatic carbocycles. The van der Waals surface area contributed by atoms with Crippen molar-refractivity contribution in [2.45, 2.75) is 46.5 Å². The first-order valence-electron chi connectivity index (χ1n) is 16.1. The molecule has 0 radical (unpaired) electrons. The highest BCUT2D eigenvalue weighted by atomic mass is 19.1. The summed E-state index contributed by atoms with van der Waals surface area (Å²) in [6.07, 6.45) is 8.17. The second kappa shape index (κ2) is 15.4. The summed E-state index contributed by atoms with van der Waals surface area (Å²) < 4.78 is 13.8. The van der Waals surface area contributed by atoms with Crippen molar-refractivity contribution in [3.05, 3.63) is 119 Å². The third kappa shape index (κ3) is 8.55. The van der Waals surface area contributed by atoms with Crippen molar-refractivity contribution in [1.82, 2.24) is 15.0 Å². The number of aromatic carboxylic acids is 2. The standard InChI is InChI=1S/C20H16FN3O2.C18H23N3O2/c21-17-11-22-8-7-15(17)18-6-4-14(10-23-18)24-19-5-3-13(12-1-2-12)9-16(19)20(25)26;1-5-21(6-2)17-13(4)10-14(11-19-17)20-16-8-7-12(3)9-15(16)18(22)23/h3-12,24H,1-2H2,(H,25,26);7-11,20H,5-6H2,1-4H3,(H,22,23). The van der Waals surface area contributed by atoms with Crippen molar-refractivity contribution in [2.24, 2.45) is 0 Å². The van der Waals surface area contributed by atoms with Crippen molar-refractivity contribution in [3.63, 3.8) is 0 Å². The number of nitrogens with zero attached hydrogens (tertiary/aromatic N) is 4. The van der Waals surface area contributed by atoms with Crippen molar-refractivity contribution in [1.29, 1.82) is 0 Å². The van der Waals surface area contributed by atoms with Crippen LogP contribution in [-0.2, 0) is 0 Å². The first kappa shape index (κ1) is 34.5. The smallest absolute Gasteiger partial charge is 0.337 e. The number of anilines is 5. The van der Waals surface area contributed by atoms with Crippen molar-refractivity contribution in [2.75, 3.05) is 28.6 Å². The van der Waals surface area contributed by atoms with Crippen molar-refractivity contribution in [3.8, 4) is 11.3 Å². The summed E-state index contributed by atoms with van der Waals surface area (Å²) in [7, 11) is 0. The molecule has 0 amide bonds. The number of aromatic nitrogens is 3. The predicted molar refractivity (Wildman–Crippen MR) is 190 cm³/mol. The second-order valence-corrected chi connectivity index (χ2v) is 11.8. The number of carboxylic acid groups (broad SMARTS) is 2. The molecule has 0 aliphatic heterocycles. The molecule has 49 heavy (non-hydrogen) atoms.